The van der Waals surface area contributed by atoms with Crippen LogP contribution in [0.4, 0.5) is 23.1 Å². The zero-order chi connectivity index (χ0) is 23.9. The Morgan fingerprint density at radius 3 is 2.74 bits per heavy atom. The Bertz CT molecular complexity index is 1340. The smallest absolute Gasteiger partial charge is 0.328 e. The molecule has 11 nitrogen and oxygen atoms in total. The highest BCUT2D eigenvalue weighted by atomic mass is 16.5. The summed E-state index contributed by atoms with van der Waals surface area (Å²) in [6, 6.07) is 8.04. The first-order valence-corrected chi connectivity index (χ1v) is 12.2. The monoisotopic (exact) mass is 475 g/mol. The second-order valence-corrected chi connectivity index (χ2v) is 9.54. The fraction of sp³-hybridized carbons (Fsp3) is 0.500. The molecule has 6 rings (SSSR count). The Morgan fingerprint density at radius 1 is 1.17 bits per heavy atom. The molecule has 182 valence electrons. The van der Waals surface area contributed by atoms with Gasteiger partial charge in [-0.25, -0.2) is 4.79 Å². The van der Waals surface area contributed by atoms with Crippen molar-refractivity contribution in [3.8, 4) is 6.07 Å². The number of H-pyrrole nitrogens is 1. The first-order valence-electron chi connectivity index (χ1n) is 12.2. The lowest BCUT2D eigenvalue weighted by molar-refractivity contribution is 0.0697. The molecule has 0 unspecified atom stereocenters. The van der Waals surface area contributed by atoms with Crippen molar-refractivity contribution >= 4 is 34.3 Å². The Kier molecular flexibility index (Phi) is 5.54. The van der Waals surface area contributed by atoms with Crippen molar-refractivity contribution in [3.05, 3.63) is 34.2 Å². The summed E-state index contributed by atoms with van der Waals surface area (Å²) in [4.78, 5) is 30.3. The predicted molar refractivity (Wildman–Crippen MR) is 133 cm³/mol. The van der Waals surface area contributed by atoms with E-state index in [1.807, 2.05) is 17.0 Å². The number of fused-ring (bicyclic) bond motifs is 2. The Hall–Kier alpha value is -3.62. The molecule has 11 heteroatoms. The number of nitrogens with zero attached hydrogens (tertiary/aromatic N) is 6. The van der Waals surface area contributed by atoms with Crippen LogP contribution in [0.5, 0.6) is 0 Å². The molecular weight excluding hydrogens is 446 g/mol. The van der Waals surface area contributed by atoms with Gasteiger partial charge in [0.05, 0.1) is 29.7 Å². The van der Waals surface area contributed by atoms with Gasteiger partial charge in [-0.2, -0.15) is 15.2 Å². The van der Waals surface area contributed by atoms with Crippen molar-refractivity contribution < 1.29 is 4.74 Å². The SMILES string of the molecule is CN1CCC(Nc2nc(N3CNc4ccc(C#N)cc43)nc3c2[nH]c(=O)n3C2CCOCC2)CC1. The van der Waals surface area contributed by atoms with Gasteiger partial charge in [-0.3, -0.25) is 9.47 Å². The first-order chi connectivity index (χ1) is 17.1. The van der Waals surface area contributed by atoms with Crippen molar-refractivity contribution in [2.45, 2.75) is 37.8 Å². The Labute approximate surface area is 202 Å². The predicted octanol–water partition coefficient (Wildman–Crippen LogP) is 2.37. The van der Waals surface area contributed by atoms with E-state index < -0.39 is 0 Å². The molecule has 2 fully saturated rings. The topological polar surface area (TPSA) is 127 Å². The van der Waals surface area contributed by atoms with Gasteiger partial charge in [-0.15, -0.1) is 0 Å². The maximum atomic E-state index is 13.1. The molecule has 3 aliphatic heterocycles. The molecule has 3 aliphatic rings. The minimum Gasteiger partial charge on any atom is -0.381 e. The van der Waals surface area contributed by atoms with E-state index in [0.717, 1.165) is 50.1 Å². The van der Waals surface area contributed by atoms with Crippen LogP contribution < -0.4 is 21.2 Å². The zero-order valence-corrected chi connectivity index (χ0v) is 19.8. The maximum Gasteiger partial charge on any atom is 0.328 e. The van der Waals surface area contributed by atoms with Gasteiger partial charge in [-0.05, 0) is 64.0 Å². The summed E-state index contributed by atoms with van der Waals surface area (Å²) in [6.45, 7) is 3.76. The van der Waals surface area contributed by atoms with E-state index in [1.165, 1.54) is 0 Å². The molecule has 0 aliphatic carbocycles. The third kappa shape index (κ3) is 3.98. The second kappa shape index (κ2) is 8.87. The molecule has 3 N–H and O–H groups in total. The number of aromatic nitrogens is 4. The van der Waals surface area contributed by atoms with Gasteiger partial charge >= 0.3 is 5.69 Å². The lowest BCUT2D eigenvalue weighted by Gasteiger charge is -2.30. The molecule has 0 amide bonds. The summed E-state index contributed by atoms with van der Waals surface area (Å²) >= 11 is 0. The number of ether oxygens (including phenoxy) is 1. The lowest BCUT2D eigenvalue weighted by Crippen LogP contribution is -2.37. The third-order valence-electron chi connectivity index (χ3n) is 7.26. The second-order valence-electron chi connectivity index (χ2n) is 9.54. The number of nitriles is 1. The lowest BCUT2D eigenvalue weighted by atomic mass is 10.1. The van der Waals surface area contributed by atoms with Crippen molar-refractivity contribution in [3.63, 3.8) is 0 Å². The molecule has 0 saturated carbocycles. The number of rotatable bonds is 4. The average molecular weight is 476 g/mol. The number of imidazole rings is 1. The van der Waals surface area contributed by atoms with Gasteiger partial charge in [0.15, 0.2) is 11.5 Å². The quantitative estimate of drug-likeness (QED) is 0.521. The molecular formula is C24H29N9O2. The van der Waals surface area contributed by atoms with Crippen LogP contribution in [-0.4, -0.2) is 70.5 Å². The first kappa shape index (κ1) is 21.9. The molecule has 0 bridgehead atoms. The summed E-state index contributed by atoms with van der Waals surface area (Å²) in [5, 5.41) is 16.4. The fourth-order valence-electron chi connectivity index (χ4n) is 5.25. The maximum absolute atomic E-state index is 13.1. The molecule has 1 aromatic carbocycles. The van der Waals surface area contributed by atoms with E-state index in [9.17, 15) is 10.1 Å². The van der Waals surface area contributed by atoms with Crippen LogP contribution in [0.25, 0.3) is 11.2 Å². The number of aromatic amines is 1. The number of benzene rings is 1. The van der Waals surface area contributed by atoms with Crippen molar-refractivity contribution in [2.75, 3.05) is 55.6 Å². The standard InChI is InChI=1S/C24H29N9O2/c1-31-8-4-16(5-9-31)27-21-20-22(33(24(34)28-20)17-6-10-35-11-7-17)30-23(29-21)32-14-26-18-3-2-15(13-25)12-19(18)32/h2-3,12,16-17,26H,4-11,14H2,1H3,(H,28,34)(H,27,29,30). The van der Waals surface area contributed by atoms with E-state index in [0.29, 0.717) is 48.4 Å². The van der Waals surface area contributed by atoms with Crippen molar-refractivity contribution in [1.82, 2.24) is 24.4 Å². The number of nitrogens with one attached hydrogen (secondary N) is 3. The fourth-order valence-corrected chi connectivity index (χ4v) is 5.25. The van der Waals surface area contributed by atoms with Crippen LogP contribution in [0.3, 0.4) is 0 Å². The molecule has 0 radical (unpaired) electrons. The van der Waals surface area contributed by atoms with Crippen LogP contribution in [0.2, 0.25) is 0 Å². The van der Waals surface area contributed by atoms with Gasteiger partial charge in [0.1, 0.15) is 5.52 Å². The average Bonchev–Trinajstić information content (AvgIpc) is 3.46. The van der Waals surface area contributed by atoms with E-state index >= 15 is 0 Å². The van der Waals surface area contributed by atoms with Gasteiger partial charge < -0.3 is 25.3 Å². The number of hydrogen-bond donors (Lipinski definition) is 3. The zero-order valence-electron chi connectivity index (χ0n) is 19.8. The molecule has 35 heavy (non-hydrogen) atoms. The minimum atomic E-state index is -0.170. The van der Waals surface area contributed by atoms with Crippen molar-refractivity contribution in [1.29, 1.82) is 5.26 Å². The molecule has 5 heterocycles. The Balaban J connectivity index is 1.46. The van der Waals surface area contributed by atoms with E-state index in [1.54, 1.807) is 10.6 Å². The van der Waals surface area contributed by atoms with Crippen LogP contribution >= 0.6 is 0 Å². The highest BCUT2D eigenvalue weighted by molar-refractivity contribution is 5.87. The van der Waals surface area contributed by atoms with Gasteiger partial charge in [0, 0.05) is 25.3 Å². The van der Waals surface area contributed by atoms with E-state index in [2.05, 4.69) is 33.6 Å². The van der Waals surface area contributed by atoms with Crippen molar-refractivity contribution in [2.24, 2.45) is 0 Å². The van der Waals surface area contributed by atoms with Gasteiger partial charge in [-0.1, -0.05) is 0 Å². The third-order valence-corrected chi connectivity index (χ3v) is 7.26. The summed E-state index contributed by atoms with van der Waals surface area (Å²) < 4.78 is 7.31. The molecule has 0 spiro atoms. The van der Waals surface area contributed by atoms with Crippen LogP contribution in [-0.2, 0) is 4.74 Å². The van der Waals surface area contributed by atoms with Crippen LogP contribution in [0.15, 0.2) is 23.0 Å². The summed E-state index contributed by atoms with van der Waals surface area (Å²) in [5.74, 6) is 1.14. The van der Waals surface area contributed by atoms with E-state index in [-0.39, 0.29) is 17.8 Å². The van der Waals surface area contributed by atoms with E-state index in [4.69, 9.17) is 14.7 Å². The minimum absolute atomic E-state index is 0.0260. The highest BCUT2D eigenvalue weighted by Crippen LogP contribution is 2.37. The summed E-state index contributed by atoms with van der Waals surface area (Å²) in [6.07, 6.45) is 3.54. The van der Waals surface area contributed by atoms with Crippen LogP contribution in [0, 0.1) is 11.3 Å². The van der Waals surface area contributed by atoms with Gasteiger partial charge in [0.2, 0.25) is 5.95 Å². The number of hydrogen-bond acceptors (Lipinski definition) is 9. The summed E-state index contributed by atoms with van der Waals surface area (Å²) in [5.41, 5.74) is 3.42. The normalized spacial score (nSPS) is 19.5. The largest absolute Gasteiger partial charge is 0.381 e. The summed E-state index contributed by atoms with van der Waals surface area (Å²) in [7, 11) is 2.13. The molecule has 2 aromatic heterocycles. The molecule has 3 aromatic rings. The Morgan fingerprint density at radius 2 is 1.97 bits per heavy atom. The molecule has 0 atom stereocenters. The highest BCUT2D eigenvalue weighted by Gasteiger charge is 2.28. The number of piperidine rings is 1. The van der Waals surface area contributed by atoms with Gasteiger partial charge in [0.25, 0.3) is 0 Å². The number of anilines is 4. The molecule has 2 saturated heterocycles. The van der Waals surface area contributed by atoms with Crippen LogP contribution in [0.1, 0.15) is 37.3 Å². The number of likely N-dealkylation sites (tertiary alicyclic amines) is 1.